The Morgan fingerprint density at radius 1 is 1.17 bits per heavy atom. The minimum absolute atomic E-state index is 0.311. The molecule has 2 heterocycles. The summed E-state index contributed by atoms with van der Waals surface area (Å²) in [7, 11) is 0. The van der Waals surface area contributed by atoms with Gasteiger partial charge in [0.25, 0.3) is 11.1 Å². The maximum atomic E-state index is 11.7. The first-order valence-corrected chi connectivity index (χ1v) is 8.50. The summed E-state index contributed by atoms with van der Waals surface area (Å²) in [5.74, 6) is -0.317. The van der Waals surface area contributed by atoms with E-state index < -0.39 is 0 Å². The van der Waals surface area contributed by atoms with E-state index in [9.17, 15) is 9.59 Å². The number of nitrogens with zero attached hydrogens (tertiary/aromatic N) is 2. The van der Waals surface area contributed by atoms with E-state index in [1.54, 1.807) is 6.08 Å². The van der Waals surface area contributed by atoms with Crippen molar-refractivity contribution in [3.8, 4) is 0 Å². The van der Waals surface area contributed by atoms with Gasteiger partial charge in [0.1, 0.15) is 0 Å². The molecule has 2 amide bonds. The minimum atomic E-state index is -0.317. The first-order valence-electron chi connectivity index (χ1n) is 7.68. The Kier molecular flexibility index (Phi) is 5.00. The predicted molar refractivity (Wildman–Crippen MR) is 93.3 cm³/mol. The van der Waals surface area contributed by atoms with Crippen LogP contribution in [0.15, 0.2) is 29.2 Å². The van der Waals surface area contributed by atoms with Crippen molar-refractivity contribution in [1.82, 2.24) is 10.2 Å². The minimum Gasteiger partial charge on any atom is -0.368 e. The van der Waals surface area contributed by atoms with Crippen LogP contribution in [0, 0.1) is 0 Å². The third kappa shape index (κ3) is 3.74. The highest BCUT2D eigenvalue weighted by Gasteiger charge is 2.26. The van der Waals surface area contributed by atoms with Crippen molar-refractivity contribution >= 4 is 34.7 Å². The lowest BCUT2D eigenvalue weighted by Crippen LogP contribution is -2.47. The van der Waals surface area contributed by atoms with Crippen LogP contribution in [0.1, 0.15) is 5.56 Å². The number of nitrogens with two attached hydrogens (primary N) is 1. The number of imide groups is 1. The quantitative estimate of drug-likeness (QED) is 0.804. The van der Waals surface area contributed by atoms with Crippen molar-refractivity contribution in [2.24, 2.45) is 5.73 Å². The smallest absolute Gasteiger partial charge is 0.290 e. The van der Waals surface area contributed by atoms with Crippen molar-refractivity contribution in [2.45, 2.75) is 0 Å². The Balaban J connectivity index is 1.78. The van der Waals surface area contributed by atoms with Crippen LogP contribution < -0.4 is 16.0 Å². The predicted octanol–water partition coefficient (Wildman–Crippen LogP) is 1.09. The average Bonchev–Trinajstić information content (AvgIpc) is 2.87. The fourth-order valence-corrected chi connectivity index (χ4v) is 3.53. The third-order valence-corrected chi connectivity index (χ3v) is 4.83. The molecule has 2 aliphatic rings. The SMILES string of the molecule is NCCN1CCN(c2ccccc2/C=C2/SC(=O)NC2=O)CC1. The van der Waals surface area contributed by atoms with E-state index in [1.165, 1.54) is 0 Å². The number of para-hydroxylation sites is 1. The van der Waals surface area contributed by atoms with Crippen LogP contribution in [0.2, 0.25) is 0 Å². The second kappa shape index (κ2) is 7.16. The molecule has 2 saturated heterocycles. The van der Waals surface area contributed by atoms with Gasteiger partial charge in [-0.15, -0.1) is 0 Å². The Morgan fingerprint density at radius 3 is 2.57 bits per heavy atom. The molecule has 0 aromatic heterocycles. The third-order valence-electron chi connectivity index (χ3n) is 4.02. The second-order valence-corrected chi connectivity index (χ2v) is 6.54. The number of thioether (sulfide) groups is 1. The van der Waals surface area contributed by atoms with Gasteiger partial charge in [0.15, 0.2) is 0 Å². The molecule has 1 aromatic carbocycles. The lowest BCUT2D eigenvalue weighted by Gasteiger charge is -2.36. The zero-order chi connectivity index (χ0) is 16.2. The van der Waals surface area contributed by atoms with Crippen molar-refractivity contribution in [1.29, 1.82) is 0 Å². The lowest BCUT2D eigenvalue weighted by molar-refractivity contribution is -0.115. The van der Waals surface area contributed by atoms with Crippen LogP contribution in [-0.2, 0) is 4.79 Å². The van der Waals surface area contributed by atoms with E-state index in [2.05, 4.69) is 21.2 Å². The summed E-state index contributed by atoms with van der Waals surface area (Å²) in [6, 6.07) is 7.98. The number of anilines is 1. The molecular weight excluding hydrogens is 312 g/mol. The van der Waals surface area contributed by atoms with Gasteiger partial charge in [0, 0.05) is 45.0 Å². The maximum Gasteiger partial charge on any atom is 0.290 e. The van der Waals surface area contributed by atoms with E-state index >= 15 is 0 Å². The molecule has 0 bridgehead atoms. The molecular formula is C16H20N4O2S. The summed E-state index contributed by atoms with van der Waals surface area (Å²) in [6.07, 6.45) is 1.80. The first-order chi connectivity index (χ1) is 11.2. The van der Waals surface area contributed by atoms with Crippen LogP contribution >= 0.6 is 11.8 Å². The molecule has 0 aliphatic carbocycles. The number of nitrogens with one attached hydrogen (secondary N) is 1. The van der Waals surface area contributed by atoms with Crippen molar-refractivity contribution in [3.05, 3.63) is 34.7 Å². The molecule has 6 nitrogen and oxygen atoms in total. The van der Waals surface area contributed by atoms with Gasteiger partial charge in [-0.1, -0.05) is 18.2 Å². The Bertz CT molecular complexity index is 639. The highest BCUT2D eigenvalue weighted by Crippen LogP contribution is 2.30. The molecule has 2 aliphatic heterocycles. The van der Waals surface area contributed by atoms with Gasteiger partial charge >= 0.3 is 0 Å². The van der Waals surface area contributed by atoms with E-state index in [0.29, 0.717) is 11.4 Å². The molecule has 0 unspecified atom stereocenters. The zero-order valence-corrected chi connectivity index (χ0v) is 13.6. The van der Waals surface area contributed by atoms with Gasteiger partial charge < -0.3 is 10.6 Å². The number of piperazine rings is 1. The van der Waals surface area contributed by atoms with Gasteiger partial charge in [0.05, 0.1) is 4.91 Å². The number of carbonyl (C=O) groups is 2. The van der Waals surface area contributed by atoms with Crippen molar-refractivity contribution in [2.75, 3.05) is 44.2 Å². The summed E-state index contributed by atoms with van der Waals surface area (Å²) in [4.78, 5) is 28.2. The molecule has 0 spiro atoms. The van der Waals surface area contributed by atoms with Gasteiger partial charge in [0.2, 0.25) is 0 Å². The molecule has 0 atom stereocenters. The van der Waals surface area contributed by atoms with Crippen LogP contribution in [0.25, 0.3) is 6.08 Å². The number of carbonyl (C=O) groups excluding carboxylic acids is 2. The fraction of sp³-hybridized carbons (Fsp3) is 0.375. The summed E-state index contributed by atoms with van der Waals surface area (Å²) in [5, 5.41) is 1.98. The molecule has 0 saturated carbocycles. The molecule has 2 fully saturated rings. The molecule has 1 aromatic rings. The number of hydrogen-bond acceptors (Lipinski definition) is 6. The molecule has 3 rings (SSSR count). The van der Waals surface area contributed by atoms with Gasteiger partial charge in [-0.2, -0.15) is 0 Å². The van der Waals surface area contributed by atoms with Gasteiger partial charge in [-0.05, 0) is 29.5 Å². The summed E-state index contributed by atoms with van der Waals surface area (Å²) >= 11 is 0.952. The lowest BCUT2D eigenvalue weighted by atomic mass is 10.1. The molecule has 23 heavy (non-hydrogen) atoms. The summed E-state index contributed by atoms with van der Waals surface area (Å²) < 4.78 is 0. The largest absolute Gasteiger partial charge is 0.368 e. The Morgan fingerprint density at radius 2 is 1.91 bits per heavy atom. The van der Waals surface area contributed by atoms with E-state index in [-0.39, 0.29) is 11.1 Å². The second-order valence-electron chi connectivity index (χ2n) is 5.53. The highest BCUT2D eigenvalue weighted by molar-refractivity contribution is 8.18. The molecule has 7 heteroatoms. The fourth-order valence-electron chi connectivity index (χ4n) is 2.85. The maximum absolute atomic E-state index is 11.7. The Labute approximate surface area is 139 Å². The standard InChI is InChI=1S/C16H20N4O2S/c17-5-6-19-7-9-20(10-8-19)13-4-2-1-3-12(13)11-14-15(21)18-16(22)23-14/h1-4,11H,5-10,17H2,(H,18,21,22)/b14-11+. The number of rotatable bonds is 4. The molecule has 122 valence electrons. The van der Waals surface area contributed by atoms with E-state index in [4.69, 9.17) is 5.73 Å². The van der Waals surface area contributed by atoms with Crippen LogP contribution in [0.3, 0.4) is 0 Å². The highest BCUT2D eigenvalue weighted by atomic mass is 32.2. The number of benzene rings is 1. The monoisotopic (exact) mass is 332 g/mol. The van der Waals surface area contributed by atoms with Gasteiger partial charge in [-0.3, -0.25) is 19.8 Å². The number of hydrogen-bond donors (Lipinski definition) is 2. The first kappa shape index (κ1) is 16.0. The van der Waals surface area contributed by atoms with Gasteiger partial charge in [-0.25, -0.2) is 0 Å². The Hall–Kier alpha value is -1.83. The molecule has 0 radical (unpaired) electrons. The average molecular weight is 332 g/mol. The summed E-state index contributed by atoms with van der Waals surface area (Å²) in [6.45, 7) is 5.43. The van der Waals surface area contributed by atoms with Crippen molar-refractivity contribution in [3.63, 3.8) is 0 Å². The summed E-state index contributed by atoms with van der Waals surface area (Å²) in [5.41, 5.74) is 7.68. The normalized spacial score (nSPS) is 21.1. The van der Waals surface area contributed by atoms with Crippen LogP contribution in [-0.4, -0.2) is 55.3 Å². The van der Waals surface area contributed by atoms with Crippen LogP contribution in [0.4, 0.5) is 10.5 Å². The zero-order valence-electron chi connectivity index (χ0n) is 12.8. The topological polar surface area (TPSA) is 78.7 Å². The van der Waals surface area contributed by atoms with E-state index in [1.807, 2.05) is 18.2 Å². The van der Waals surface area contributed by atoms with Crippen molar-refractivity contribution < 1.29 is 9.59 Å². The van der Waals surface area contributed by atoms with E-state index in [0.717, 1.165) is 55.7 Å². The van der Waals surface area contributed by atoms with Crippen LogP contribution in [0.5, 0.6) is 0 Å². The number of amides is 2. The molecule has 3 N–H and O–H groups in total.